The number of anilines is 1. The molecule has 7 heteroatoms. The van der Waals surface area contributed by atoms with E-state index in [9.17, 15) is 14.1 Å². The summed E-state index contributed by atoms with van der Waals surface area (Å²) in [7, 11) is 0. The van der Waals surface area contributed by atoms with Crippen molar-refractivity contribution in [2.24, 2.45) is 0 Å². The zero-order valence-corrected chi connectivity index (χ0v) is 12.9. The summed E-state index contributed by atoms with van der Waals surface area (Å²) >= 11 is 0. The molecule has 128 valence electrons. The van der Waals surface area contributed by atoms with Gasteiger partial charge in [-0.2, -0.15) is 0 Å². The summed E-state index contributed by atoms with van der Waals surface area (Å²) in [6.45, 7) is -0.0377. The number of hydrogen-bond acceptors (Lipinski definition) is 4. The average molecular weight is 334 g/mol. The Labute approximate surface area is 138 Å². The molecule has 0 aliphatic carbocycles. The summed E-state index contributed by atoms with van der Waals surface area (Å²) in [5, 5.41) is 19.6. The Kier molecular flexibility index (Phi) is 8.55. The summed E-state index contributed by atoms with van der Waals surface area (Å²) in [6.07, 6.45) is 0.146. The number of carbonyl (C=O) groups is 2. The Morgan fingerprint density at radius 2 is 1.50 bits per heavy atom. The van der Waals surface area contributed by atoms with Gasteiger partial charge in [-0.1, -0.05) is 48.5 Å². The molecule has 0 aliphatic heterocycles. The number of hydrogen-bond donors (Lipinski definition) is 4. The van der Waals surface area contributed by atoms with Gasteiger partial charge in [0.25, 0.3) is 0 Å². The third kappa shape index (κ3) is 7.90. The zero-order chi connectivity index (χ0) is 17.8. The lowest BCUT2D eigenvalue weighted by Gasteiger charge is -2.07. The highest BCUT2D eigenvalue weighted by molar-refractivity contribution is 5.73. The molecule has 24 heavy (non-hydrogen) atoms. The van der Waals surface area contributed by atoms with Crippen LogP contribution < -0.4 is 10.9 Å². The first-order valence-electron chi connectivity index (χ1n) is 7.16. The van der Waals surface area contributed by atoms with Gasteiger partial charge < -0.3 is 15.5 Å². The van der Waals surface area contributed by atoms with E-state index in [0.29, 0.717) is 0 Å². The second-order valence-electron chi connectivity index (χ2n) is 4.80. The number of benzene rings is 2. The van der Waals surface area contributed by atoms with E-state index in [1.54, 1.807) is 24.3 Å². The number of nitrogens with one attached hydrogen (secondary N) is 2. The Bertz CT molecular complexity index is 623. The fourth-order valence-electron chi connectivity index (χ4n) is 1.76. The lowest BCUT2D eigenvalue weighted by molar-refractivity contribution is -0.141. The molecule has 0 heterocycles. The van der Waals surface area contributed by atoms with Crippen LogP contribution in [0.25, 0.3) is 0 Å². The number of rotatable bonds is 7. The maximum atomic E-state index is 12.0. The maximum Gasteiger partial charge on any atom is 0.323 e. The van der Waals surface area contributed by atoms with Crippen molar-refractivity contribution < 1.29 is 24.3 Å². The van der Waals surface area contributed by atoms with E-state index >= 15 is 0 Å². The predicted molar refractivity (Wildman–Crippen MR) is 88.4 cm³/mol. The number of carboxylic acids is 2. The van der Waals surface area contributed by atoms with E-state index in [4.69, 9.17) is 10.2 Å². The molecular formula is C17H19FN2O4. The van der Waals surface area contributed by atoms with E-state index in [1.165, 1.54) is 5.54 Å². The summed E-state index contributed by atoms with van der Waals surface area (Å²) in [6, 6.07) is 17.0. The van der Waals surface area contributed by atoms with Gasteiger partial charge in [-0.15, -0.1) is 10.0 Å². The number of carboxylic acid groups (broad SMARTS) is 2. The minimum absolute atomic E-state index is 0.0377. The van der Waals surface area contributed by atoms with Crippen LogP contribution in [0.5, 0.6) is 0 Å². The van der Waals surface area contributed by atoms with E-state index in [-0.39, 0.29) is 13.0 Å². The maximum absolute atomic E-state index is 12.0. The van der Waals surface area contributed by atoms with Crippen LogP contribution in [-0.2, 0) is 16.0 Å². The molecule has 2 aromatic carbocycles. The fourth-order valence-corrected chi connectivity index (χ4v) is 1.76. The lowest BCUT2D eigenvalue weighted by Crippen LogP contribution is -2.33. The highest BCUT2D eigenvalue weighted by Crippen LogP contribution is 2.04. The van der Waals surface area contributed by atoms with Crippen LogP contribution in [0.15, 0.2) is 60.7 Å². The quantitative estimate of drug-likeness (QED) is 0.580. The Hall–Kier alpha value is -2.93. The molecule has 0 radical (unpaired) electrons. The topological polar surface area (TPSA) is 98.7 Å². The second-order valence-corrected chi connectivity index (χ2v) is 4.80. The highest BCUT2D eigenvalue weighted by Gasteiger charge is 2.16. The standard InChI is InChI=1S/C9H10FNO2.C8H9NO2/c10-11-8(9(12)13)6-7-4-2-1-3-5-7;10-8(11)6-9-7-4-2-1-3-5-7/h1-5,8,11H,6H2,(H,12,13);1-5,9H,6H2,(H,10,11)/t8-;/m0./s1. The first kappa shape index (κ1) is 19.1. The molecule has 2 aromatic rings. The van der Waals surface area contributed by atoms with Gasteiger partial charge in [0.2, 0.25) is 0 Å². The van der Waals surface area contributed by atoms with Crippen LogP contribution in [-0.4, -0.2) is 34.7 Å². The Balaban J connectivity index is 0.000000243. The van der Waals surface area contributed by atoms with Crippen LogP contribution in [0.3, 0.4) is 0 Å². The minimum Gasteiger partial charge on any atom is -0.480 e. The van der Waals surface area contributed by atoms with Gasteiger partial charge >= 0.3 is 11.9 Å². The van der Waals surface area contributed by atoms with Gasteiger partial charge in [0.05, 0.1) is 0 Å². The van der Waals surface area contributed by atoms with Crippen molar-refractivity contribution in [1.82, 2.24) is 5.54 Å². The first-order chi connectivity index (χ1) is 11.5. The summed E-state index contributed by atoms with van der Waals surface area (Å²) in [5.74, 6) is -2.04. The molecule has 0 saturated heterocycles. The smallest absolute Gasteiger partial charge is 0.323 e. The Morgan fingerprint density at radius 1 is 0.958 bits per heavy atom. The summed E-state index contributed by atoms with van der Waals surface area (Å²) < 4.78 is 12.0. The van der Waals surface area contributed by atoms with Gasteiger partial charge in [-0.3, -0.25) is 9.59 Å². The molecule has 2 rings (SSSR count). The molecule has 0 aliphatic rings. The molecule has 6 nitrogen and oxygen atoms in total. The van der Waals surface area contributed by atoms with E-state index in [1.807, 2.05) is 36.4 Å². The summed E-state index contributed by atoms with van der Waals surface area (Å²) in [4.78, 5) is 20.5. The van der Waals surface area contributed by atoms with Crippen molar-refractivity contribution in [1.29, 1.82) is 0 Å². The molecule has 0 unspecified atom stereocenters. The lowest BCUT2D eigenvalue weighted by atomic mass is 10.1. The monoisotopic (exact) mass is 334 g/mol. The van der Waals surface area contributed by atoms with Crippen LogP contribution in [0.2, 0.25) is 0 Å². The summed E-state index contributed by atoms with van der Waals surface area (Å²) in [5.41, 5.74) is 2.87. The van der Waals surface area contributed by atoms with Crippen molar-refractivity contribution in [3.63, 3.8) is 0 Å². The minimum atomic E-state index is -1.19. The van der Waals surface area contributed by atoms with Crippen molar-refractivity contribution in [2.75, 3.05) is 11.9 Å². The zero-order valence-electron chi connectivity index (χ0n) is 12.9. The van der Waals surface area contributed by atoms with Crippen molar-refractivity contribution >= 4 is 17.6 Å². The molecule has 0 bridgehead atoms. The number of aliphatic carboxylic acids is 2. The SMILES string of the molecule is O=C(O)CNc1ccccc1.O=C(O)[C@H](Cc1ccccc1)NF. The van der Waals surface area contributed by atoms with E-state index in [0.717, 1.165) is 11.3 Å². The normalized spacial score (nSPS) is 10.9. The number of halogens is 1. The molecule has 0 fully saturated rings. The Morgan fingerprint density at radius 3 is 1.96 bits per heavy atom. The molecule has 0 aromatic heterocycles. The predicted octanol–water partition coefficient (Wildman–Crippen LogP) is 2.34. The van der Waals surface area contributed by atoms with Gasteiger partial charge in [-0.25, -0.2) is 0 Å². The van der Waals surface area contributed by atoms with Crippen LogP contribution in [0, 0.1) is 0 Å². The van der Waals surface area contributed by atoms with E-state index < -0.39 is 18.0 Å². The third-order valence-electron chi connectivity index (χ3n) is 2.93. The van der Waals surface area contributed by atoms with Crippen molar-refractivity contribution in [3.8, 4) is 0 Å². The van der Waals surface area contributed by atoms with Crippen LogP contribution >= 0.6 is 0 Å². The van der Waals surface area contributed by atoms with Gasteiger partial charge in [0, 0.05) is 12.1 Å². The van der Waals surface area contributed by atoms with Gasteiger partial charge in [-0.05, 0) is 17.7 Å². The first-order valence-corrected chi connectivity index (χ1v) is 7.16. The van der Waals surface area contributed by atoms with Gasteiger partial charge in [0.15, 0.2) is 0 Å². The van der Waals surface area contributed by atoms with Crippen LogP contribution in [0.4, 0.5) is 10.2 Å². The van der Waals surface area contributed by atoms with Crippen molar-refractivity contribution in [3.05, 3.63) is 66.2 Å². The highest BCUT2D eigenvalue weighted by atomic mass is 19.2. The van der Waals surface area contributed by atoms with Crippen molar-refractivity contribution in [2.45, 2.75) is 12.5 Å². The molecule has 0 saturated carbocycles. The average Bonchev–Trinajstić information content (AvgIpc) is 2.60. The molecular weight excluding hydrogens is 315 g/mol. The van der Waals surface area contributed by atoms with Gasteiger partial charge in [0.1, 0.15) is 12.6 Å². The third-order valence-corrected chi connectivity index (χ3v) is 2.93. The fraction of sp³-hybridized carbons (Fsp3) is 0.176. The molecule has 1 atom stereocenters. The molecule has 0 amide bonds. The van der Waals surface area contributed by atoms with Crippen LogP contribution in [0.1, 0.15) is 5.56 Å². The number of para-hydroxylation sites is 1. The second kappa shape index (κ2) is 10.7. The molecule has 0 spiro atoms. The largest absolute Gasteiger partial charge is 0.480 e. The molecule has 4 N–H and O–H groups in total. The van der Waals surface area contributed by atoms with E-state index in [2.05, 4.69) is 5.32 Å².